The molecule has 0 unspecified atom stereocenters. The van der Waals surface area contributed by atoms with Crippen LogP contribution in [-0.4, -0.2) is 39.3 Å². The van der Waals surface area contributed by atoms with Gasteiger partial charge >= 0.3 is 0 Å². The molecule has 0 spiro atoms. The first-order chi connectivity index (χ1) is 9.31. The maximum Gasteiger partial charge on any atom is 0.112 e. The van der Waals surface area contributed by atoms with Crippen LogP contribution in [0.4, 0.5) is 5.69 Å². The number of aromatic nitrogens is 3. The van der Waals surface area contributed by atoms with E-state index in [4.69, 9.17) is 0 Å². The largest absolute Gasteiger partial charge is 0.376 e. The minimum Gasteiger partial charge on any atom is -0.376 e. The van der Waals surface area contributed by atoms with E-state index in [9.17, 15) is 0 Å². The molecule has 0 aliphatic rings. The molecule has 0 atom stereocenters. The van der Waals surface area contributed by atoms with E-state index in [1.807, 2.05) is 22.5 Å². The molecule has 19 heavy (non-hydrogen) atoms. The number of likely N-dealkylation sites (N-methyl/N-ethyl adjacent to an activating group) is 1. The fourth-order valence-corrected chi connectivity index (χ4v) is 2.43. The number of rotatable bonds is 8. The van der Waals surface area contributed by atoms with Crippen molar-refractivity contribution in [1.29, 1.82) is 0 Å². The molecular formula is C13H21N5S. The summed E-state index contributed by atoms with van der Waals surface area (Å²) in [5.41, 5.74) is 1.05. The van der Waals surface area contributed by atoms with E-state index in [1.165, 1.54) is 0 Å². The third kappa shape index (κ3) is 4.33. The molecule has 6 heteroatoms. The van der Waals surface area contributed by atoms with Gasteiger partial charge in [0.15, 0.2) is 0 Å². The van der Waals surface area contributed by atoms with E-state index in [-0.39, 0.29) is 0 Å². The highest BCUT2D eigenvalue weighted by Gasteiger charge is 2.02. The molecule has 1 N–H and O–H groups in total. The van der Waals surface area contributed by atoms with E-state index in [2.05, 4.69) is 40.3 Å². The third-order valence-corrected chi connectivity index (χ3v) is 3.88. The van der Waals surface area contributed by atoms with Crippen molar-refractivity contribution in [3.05, 3.63) is 29.0 Å². The molecule has 0 saturated carbocycles. The third-order valence-electron chi connectivity index (χ3n) is 3.10. The Kier molecular flexibility index (Phi) is 5.35. The first kappa shape index (κ1) is 14.0. The Bertz CT molecular complexity index is 461. The minimum atomic E-state index is 0.763. The number of nitrogens with zero attached hydrogens (tertiary/aromatic N) is 4. The van der Waals surface area contributed by atoms with Gasteiger partial charge in [0.25, 0.3) is 0 Å². The van der Waals surface area contributed by atoms with Gasteiger partial charge in [-0.25, -0.2) is 4.98 Å². The minimum absolute atomic E-state index is 0.763. The highest BCUT2D eigenvalue weighted by Crippen LogP contribution is 2.09. The van der Waals surface area contributed by atoms with Gasteiger partial charge in [0, 0.05) is 24.3 Å². The van der Waals surface area contributed by atoms with E-state index in [0.717, 1.165) is 43.4 Å². The molecule has 2 aromatic heterocycles. The Labute approximate surface area is 118 Å². The first-order valence-corrected chi connectivity index (χ1v) is 7.56. The number of anilines is 1. The summed E-state index contributed by atoms with van der Waals surface area (Å²) in [6.07, 6.45) is 5.75. The van der Waals surface area contributed by atoms with E-state index >= 15 is 0 Å². The predicted molar refractivity (Wildman–Crippen MR) is 79.5 cm³/mol. The topological polar surface area (TPSA) is 46.0 Å². The molecule has 0 amide bonds. The second-order valence-electron chi connectivity index (χ2n) is 4.30. The number of nitrogens with one attached hydrogen (secondary N) is 1. The second kappa shape index (κ2) is 7.25. The van der Waals surface area contributed by atoms with Gasteiger partial charge in [-0.2, -0.15) is 5.10 Å². The summed E-state index contributed by atoms with van der Waals surface area (Å²) in [7, 11) is 0. The molecule has 0 fully saturated rings. The number of hydrogen-bond acceptors (Lipinski definition) is 5. The van der Waals surface area contributed by atoms with Crippen molar-refractivity contribution in [2.45, 2.75) is 26.9 Å². The maximum absolute atomic E-state index is 4.37. The smallest absolute Gasteiger partial charge is 0.112 e. The second-order valence-corrected chi connectivity index (χ2v) is 5.28. The zero-order valence-corrected chi connectivity index (χ0v) is 12.4. The fourth-order valence-electron chi connectivity index (χ4n) is 1.88. The molecule has 0 saturated heterocycles. The highest BCUT2D eigenvalue weighted by atomic mass is 32.1. The lowest BCUT2D eigenvalue weighted by molar-refractivity contribution is 0.285. The maximum atomic E-state index is 4.37. The van der Waals surface area contributed by atoms with Crippen LogP contribution in [0.25, 0.3) is 0 Å². The van der Waals surface area contributed by atoms with Crippen LogP contribution in [0.15, 0.2) is 24.0 Å². The van der Waals surface area contributed by atoms with Crippen LogP contribution in [0.3, 0.4) is 0 Å². The van der Waals surface area contributed by atoms with Crippen molar-refractivity contribution in [3.8, 4) is 0 Å². The van der Waals surface area contributed by atoms with E-state index in [0.29, 0.717) is 0 Å². The summed E-state index contributed by atoms with van der Waals surface area (Å²) in [6, 6.07) is 0. The van der Waals surface area contributed by atoms with Gasteiger partial charge in [0.1, 0.15) is 5.01 Å². The zero-order chi connectivity index (χ0) is 13.5. The normalized spacial score (nSPS) is 11.1. The zero-order valence-electron chi connectivity index (χ0n) is 11.5. The standard InChI is InChI=1S/C13H21N5S/c1-3-17(4-2)6-7-18-11-12(9-16-18)15-10-13-14-5-8-19-13/h5,8-9,11,15H,3-4,6-7,10H2,1-2H3. The lowest BCUT2D eigenvalue weighted by atomic mass is 10.4. The van der Waals surface area contributed by atoms with Gasteiger partial charge in [-0.3, -0.25) is 4.68 Å². The van der Waals surface area contributed by atoms with Gasteiger partial charge in [-0.15, -0.1) is 11.3 Å². The van der Waals surface area contributed by atoms with Crippen LogP contribution < -0.4 is 5.32 Å². The molecule has 0 radical (unpaired) electrons. The van der Waals surface area contributed by atoms with Crippen molar-refractivity contribution in [2.75, 3.05) is 25.0 Å². The molecule has 2 rings (SSSR count). The summed E-state index contributed by atoms with van der Waals surface area (Å²) < 4.78 is 1.99. The fraction of sp³-hybridized carbons (Fsp3) is 0.538. The lowest BCUT2D eigenvalue weighted by Gasteiger charge is -2.17. The molecule has 0 bridgehead atoms. The van der Waals surface area contributed by atoms with E-state index in [1.54, 1.807) is 11.3 Å². The molecular weight excluding hydrogens is 258 g/mol. The average molecular weight is 279 g/mol. The Morgan fingerprint density at radius 2 is 2.21 bits per heavy atom. The molecule has 2 aromatic rings. The summed E-state index contributed by atoms with van der Waals surface area (Å²) in [6.45, 7) is 9.29. The number of hydrogen-bond donors (Lipinski definition) is 1. The highest BCUT2D eigenvalue weighted by molar-refractivity contribution is 7.09. The van der Waals surface area contributed by atoms with E-state index < -0.39 is 0 Å². The monoisotopic (exact) mass is 279 g/mol. The molecule has 0 aliphatic heterocycles. The average Bonchev–Trinajstić information content (AvgIpc) is 3.09. The van der Waals surface area contributed by atoms with Gasteiger partial charge in [-0.1, -0.05) is 13.8 Å². The van der Waals surface area contributed by atoms with Crippen molar-refractivity contribution in [1.82, 2.24) is 19.7 Å². The first-order valence-electron chi connectivity index (χ1n) is 6.68. The van der Waals surface area contributed by atoms with Crippen LogP contribution in [0.5, 0.6) is 0 Å². The molecule has 104 valence electrons. The van der Waals surface area contributed by atoms with Gasteiger partial charge < -0.3 is 10.2 Å². The quantitative estimate of drug-likeness (QED) is 0.805. The van der Waals surface area contributed by atoms with Gasteiger partial charge in [0.05, 0.1) is 25.0 Å². The summed E-state index contributed by atoms with van der Waals surface area (Å²) in [5.74, 6) is 0. The Hall–Kier alpha value is -1.40. The summed E-state index contributed by atoms with van der Waals surface area (Å²) in [4.78, 5) is 6.64. The van der Waals surface area contributed by atoms with Gasteiger partial charge in [-0.05, 0) is 13.1 Å². The van der Waals surface area contributed by atoms with Crippen LogP contribution >= 0.6 is 11.3 Å². The van der Waals surface area contributed by atoms with Crippen molar-refractivity contribution < 1.29 is 0 Å². The summed E-state index contributed by atoms with van der Waals surface area (Å²) in [5, 5.41) is 10.8. The molecule has 2 heterocycles. The molecule has 0 aromatic carbocycles. The van der Waals surface area contributed by atoms with Gasteiger partial charge in [0.2, 0.25) is 0 Å². The molecule has 0 aliphatic carbocycles. The van der Waals surface area contributed by atoms with Crippen LogP contribution in [0.2, 0.25) is 0 Å². The lowest BCUT2D eigenvalue weighted by Crippen LogP contribution is -2.27. The Morgan fingerprint density at radius 3 is 2.89 bits per heavy atom. The van der Waals surface area contributed by atoms with Crippen LogP contribution in [-0.2, 0) is 13.1 Å². The van der Waals surface area contributed by atoms with Crippen LogP contribution in [0, 0.1) is 0 Å². The van der Waals surface area contributed by atoms with Crippen molar-refractivity contribution in [2.24, 2.45) is 0 Å². The predicted octanol–water partition coefficient (Wildman–Crippen LogP) is 2.29. The molecule has 5 nitrogen and oxygen atoms in total. The Morgan fingerprint density at radius 1 is 1.37 bits per heavy atom. The SMILES string of the molecule is CCN(CC)CCn1cc(NCc2nccs2)cn1. The van der Waals surface area contributed by atoms with Crippen molar-refractivity contribution >= 4 is 17.0 Å². The Balaban J connectivity index is 1.78. The number of thiazole rings is 1. The van der Waals surface area contributed by atoms with Crippen LogP contribution in [0.1, 0.15) is 18.9 Å². The summed E-state index contributed by atoms with van der Waals surface area (Å²) >= 11 is 1.66. The van der Waals surface area contributed by atoms with Crippen molar-refractivity contribution in [3.63, 3.8) is 0 Å².